The Morgan fingerprint density at radius 1 is 1.23 bits per heavy atom. The second-order valence-electron chi connectivity index (χ2n) is 5.18. The summed E-state index contributed by atoms with van der Waals surface area (Å²) in [5.41, 5.74) is 1.51. The molecule has 1 amide bonds. The summed E-state index contributed by atoms with van der Waals surface area (Å²) in [6, 6.07) is 6.08. The van der Waals surface area contributed by atoms with E-state index >= 15 is 0 Å². The van der Waals surface area contributed by atoms with Crippen LogP contribution in [-0.2, 0) is 4.79 Å². The molecule has 0 radical (unpaired) electrons. The van der Waals surface area contributed by atoms with Crippen LogP contribution in [0.3, 0.4) is 0 Å². The SMILES string of the molecule is CCCNc1nnc(SCC(=O)Nc2nc(-c3ccc(F)cc3)cs2)s1. The number of thioether (sulfide) groups is 1. The highest BCUT2D eigenvalue weighted by Gasteiger charge is 2.11. The molecule has 2 heterocycles. The smallest absolute Gasteiger partial charge is 0.236 e. The van der Waals surface area contributed by atoms with Gasteiger partial charge in [0.25, 0.3) is 0 Å². The summed E-state index contributed by atoms with van der Waals surface area (Å²) in [4.78, 5) is 16.4. The Bertz CT molecular complexity index is 865. The molecule has 0 atom stereocenters. The highest BCUT2D eigenvalue weighted by Crippen LogP contribution is 2.27. The van der Waals surface area contributed by atoms with Crippen molar-refractivity contribution in [2.75, 3.05) is 22.9 Å². The number of hydrogen-bond donors (Lipinski definition) is 2. The third kappa shape index (κ3) is 5.23. The lowest BCUT2D eigenvalue weighted by molar-refractivity contribution is -0.113. The summed E-state index contributed by atoms with van der Waals surface area (Å²) in [5, 5.41) is 17.1. The second kappa shape index (κ2) is 9.06. The molecule has 0 fully saturated rings. The van der Waals surface area contributed by atoms with Crippen LogP contribution in [0.4, 0.5) is 14.7 Å². The van der Waals surface area contributed by atoms with Gasteiger partial charge in [-0.15, -0.1) is 21.5 Å². The third-order valence-corrected chi connectivity index (χ3v) is 5.92. The number of thiazole rings is 1. The number of hydrogen-bond acceptors (Lipinski definition) is 8. The summed E-state index contributed by atoms with van der Waals surface area (Å²) in [6.45, 7) is 2.92. The molecule has 3 rings (SSSR count). The highest BCUT2D eigenvalue weighted by molar-refractivity contribution is 8.01. The molecule has 0 spiro atoms. The van der Waals surface area contributed by atoms with Crippen molar-refractivity contribution in [2.24, 2.45) is 0 Å². The zero-order valence-corrected chi connectivity index (χ0v) is 16.3. The van der Waals surface area contributed by atoms with Gasteiger partial charge < -0.3 is 10.6 Å². The molecular weight excluding hydrogens is 393 g/mol. The highest BCUT2D eigenvalue weighted by atomic mass is 32.2. The van der Waals surface area contributed by atoms with Crippen LogP contribution < -0.4 is 10.6 Å². The van der Waals surface area contributed by atoms with Crippen molar-refractivity contribution in [3.05, 3.63) is 35.5 Å². The topological polar surface area (TPSA) is 79.8 Å². The first kappa shape index (κ1) is 18.7. The largest absolute Gasteiger partial charge is 0.360 e. The number of nitrogens with one attached hydrogen (secondary N) is 2. The number of carbonyl (C=O) groups excluding carboxylic acids is 1. The number of nitrogens with zero attached hydrogens (tertiary/aromatic N) is 3. The Balaban J connectivity index is 1.50. The van der Waals surface area contributed by atoms with Crippen molar-refractivity contribution >= 4 is 50.6 Å². The van der Waals surface area contributed by atoms with Gasteiger partial charge >= 0.3 is 0 Å². The van der Waals surface area contributed by atoms with Gasteiger partial charge in [-0.25, -0.2) is 9.37 Å². The minimum absolute atomic E-state index is 0.159. The lowest BCUT2D eigenvalue weighted by atomic mass is 10.2. The fourth-order valence-electron chi connectivity index (χ4n) is 1.94. The first-order valence-electron chi connectivity index (χ1n) is 7.85. The number of halogens is 1. The molecule has 0 aliphatic rings. The van der Waals surface area contributed by atoms with E-state index in [1.165, 1.54) is 46.6 Å². The van der Waals surface area contributed by atoms with Crippen LogP contribution in [0.5, 0.6) is 0 Å². The van der Waals surface area contributed by atoms with Gasteiger partial charge in [-0.05, 0) is 30.7 Å². The van der Waals surface area contributed by atoms with E-state index in [4.69, 9.17) is 0 Å². The molecule has 3 aromatic rings. The Morgan fingerprint density at radius 3 is 2.81 bits per heavy atom. The zero-order chi connectivity index (χ0) is 18.4. The predicted octanol–water partition coefficient (Wildman–Crippen LogP) is 4.35. The van der Waals surface area contributed by atoms with Gasteiger partial charge in [-0.2, -0.15) is 0 Å². The van der Waals surface area contributed by atoms with Crippen LogP contribution in [0.15, 0.2) is 34.0 Å². The van der Waals surface area contributed by atoms with E-state index in [0.717, 1.165) is 28.0 Å². The zero-order valence-electron chi connectivity index (χ0n) is 13.9. The van der Waals surface area contributed by atoms with Crippen LogP contribution in [0, 0.1) is 5.82 Å². The lowest BCUT2D eigenvalue weighted by Gasteiger charge is -2.00. The maximum absolute atomic E-state index is 13.0. The third-order valence-electron chi connectivity index (χ3n) is 3.15. The van der Waals surface area contributed by atoms with E-state index in [-0.39, 0.29) is 17.5 Å². The van der Waals surface area contributed by atoms with Crippen LogP contribution in [0.1, 0.15) is 13.3 Å². The normalized spacial score (nSPS) is 10.7. The van der Waals surface area contributed by atoms with E-state index in [1.54, 1.807) is 12.1 Å². The lowest BCUT2D eigenvalue weighted by Crippen LogP contribution is -2.13. The van der Waals surface area contributed by atoms with Gasteiger partial charge in [0.1, 0.15) is 5.82 Å². The van der Waals surface area contributed by atoms with Crippen LogP contribution in [-0.4, -0.2) is 33.4 Å². The van der Waals surface area contributed by atoms with E-state index in [1.807, 2.05) is 5.38 Å². The molecule has 1 aromatic carbocycles. The minimum Gasteiger partial charge on any atom is -0.360 e. The molecule has 2 N–H and O–H groups in total. The van der Waals surface area contributed by atoms with Crippen molar-refractivity contribution < 1.29 is 9.18 Å². The summed E-state index contributed by atoms with van der Waals surface area (Å²) < 4.78 is 13.7. The van der Waals surface area contributed by atoms with Crippen LogP contribution in [0.25, 0.3) is 11.3 Å². The van der Waals surface area contributed by atoms with Gasteiger partial charge in [-0.1, -0.05) is 30.0 Å². The van der Waals surface area contributed by atoms with Crippen molar-refractivity contribution in [2.45, 2.75) is 17.7 Å². The second-order valence-corrected chi connectivity index (χ2v) is 8.24. The minimum atomic E-state index is -0.292. The fraction of sp³-hybridized carbons (Fsp3) is 0.250. The van der Waals surface area contributed by atoms with Crippen molar-refractivity contribution in [1.82, 2.24) is 15.2 Å². The van der Waals surface area contributed by atoms with E-state index < -0.39 is 0 Å². The molecule has 0 saturated carbocycles. The van der Waals surface area contributed by atoms with Crippen molar-refractivity contribution in [3.8, 4) is 11.3 Å². The maximum atomic E-state index is 13.0. The number of anilines is 2. The first-order valence-corrected chi connectivity index (χ1v) is 10.5. The van der Waals surface area contributed by atoms with Crippen molar-refractivity contribution in [3.63, 3.8) is 0 Å². The molecule has 0 aliphatic carbocycles. The van der Waals surface area contributed by atoms with Gasteiger partial charge in [0.2, 0.25) is 11.0 Å². The summed E-state index contributed by atoms with van der Waals surface area (Å²) in [7, 11) is 0. The van der Waals surface area contributed by atoms with Crippen molar-refractivity contribution in [1.29, 1.82) is 0 Å². The first-order chi connectivity index (χ1) is 12.6. The predicted molar refractivity (Wildman–Crippen MR) is 106 cm³/mol. The molecule has 26 heavy (non-hydrogen) atoms. The Labute approximate surface area is 162 Å². The molecule has 0 bridgehead atoms. The molecule has 2 aromatic heterocycles. The molecule has 136 valence electrons. The number of amides is 1. The summed E-state index contributed by atoms with van der Waals surface area (Å²) in [5.74, 6) is -0.221. The molecule has 6 nitrogen and oxygen atoms in total. The van der Waals surface area contributed by atoms with E-state index in [9.17, 15) is 9.18 Å². The molecule has 0 aliphatic heterocycles. The standard InChI is InChI=1S/C16H16FN5OS3/c1-2-7-18-14-21-22-16(26-14)25-9-13(23)20-15-19-12(8-24-15)10-3-5-11(17)6-4-10/h3-6,8H,2,7,9H2,1H3,(H,18,21)(H,19,20,23). The molecular formula is C16H16FN5OS3. The number of carbonyl (C=O) groups is 1. The van der Waals surface area contributed by atoms with Gasteiger partial charge in [0.15, 0.2) is 9.47 Å². The molecule has 0 unspecified atom stereocenters. The quantitative estimate of drug-likeness (QED) is 0.538. The number of rotatable bonds is 8. The summed E-state index contributed by atoms with van der Waals surface area (Å²) >= 11 is 4.09. The van der Waals surface area contributed by atoms with Crippen LogP contribution >= 0.6 is 34.4 Å². The average molecular weight is 410 g/mol. The van der Waals surface area contributed by atoms with Gasteiger partial charge in [0.05, 0.1) is 11.4 Å². The van der Waals surface area contributed by atoms with Gasteiger partial charge in [0, 0.05) is 17.5 Å². The maximum Gasteiger partial charge on any atom is 0.236 e. The number of aromatic nitrogens is 3. The number of benzene rings is 1. The van der Waals surface area contributed by atoms with Gasteiger partial charge in [-0.3, -0.25) is 4.79 Å². The Morgan fingerprint density at radius 2 is 2.04 bits per heavy atom. The summed E-state index contributed by atoms with van der Waals surface area (Å²) in [6.07, 6.45) is 1.01. The molecule has 0 saturated heterocycles. The fourth-order valence-corrected chi connectivity index (χ4v) is 4.25. The average Bonchev–Trinajstić information content (AvgIpc) is 3.28. The monoisotopic (exact) mass is 409 g/mol. The Hall–Kier alpha value is -2.04. The molecule has 10 heteroatoms. The van der Waals surface area contributed by atoms with E-state index in [2.05, 4.69) is 32.7 Å². The van der Waals surface area contributed by atoms with Crippen LogP contribution in [0.2, 0.25) is 0 Å². The van der Waals surface area contributed by atoms with E-state index in [0.29, 0.717) is 10.8 Å². The Kier molecular flexibility index (Phi) is 6.53.